The SMILES string of the molecule is CCCc1ccc(P(Cl)Cl)cc1. The highest BCUT2D eigenvalue weighted by molar-refractivity contribution is 8.08. The van der Waals surface area contributed by atoms with Gasteiger partial charge in [-0.3, -0.25) is 0 Å². The van der Waals surface area contributed by atoms with Crippen molar-refractivity contribution in [2.45, 2.75) is 19.8 Å². The molecule has 1 rings (SSSR count). The van der Waals surface area contributed by atoms with Crippen molar-refractivity contribution in [3.05, 3.63) is 29.8 Å². The second-order valence-electron chi connectivity index (χ2n) is 2.65. The summed E-state index contributed by atoms with van der Waals surface area (Å²) in [5.41, 5.74) is 1.35. The highest BCUT2D eigenvalue weighted by Gasteiger charge is 2.01. The summed E-state index contributed by atoms with van der Waals surface area (Å²) in [5, 5.41) is 1.04. The third-order valence-electron chi connectivity index (χ3n) is 1.67. The maximum atomic E-state index is 5.76. The van der Waals surface area contributed by atoms with Crippen LogP contribution < -0.4 is 5.30 Å². The third-order valence-corrected chi connectivity index (χ3v) is 3.53. The Morgan fingerprint density at radius 3 is 2.17 bits per heavy atom. The van der Waals surface area contributed by atoms with Gasteiger partial charge in [0.1, 0.15) is 6.63 Å². The molecule has 0 bridgehead atoms. The van der Waals surface area contributed by atoms with Crippen LogP contribution in [-0.4, -0.2) is 0 Å². The van der Waals surface area contributed by atoms with Crippen LogP contribution >= 0.6 is 29.1 Å². The van der Waals surface area contributed by atoms with E-state index < -0.39 is 6.63 Å². The van der Waals surface area contributed by atoms with Crippen molar-refractivity contribution in [2.75, 3.05) is 0 Å². The maximum absolute atomic E-state index is 5.76. The molecule has 1 aromatic carbocycles. The largest absolute Gasteiger partial charge is 0.116 e. The van der Waals surface area contributed by atoms with E-state index in [1.807, 2.05) is 12.1 Å². The van der Waals surface area contributed by atoms with Crippen LogP contribution in [0.5, 0.6) is 0 Å². The van der Waals surface area contributed by atoms with Crippen LogP contribution in [0.1, 0.15) is 18.9 Å². The first kappa shape index (κ1) is 10.3. The van der Waals surface area contributed by atoms with Gasteiger partial charge in [-0.15, -0.1) is 0 Å². The van der Waals surface area contributed by atoms with E-state index in [4.69, 9.17) is 22.5 Å². The number of aryl methyl sites for hydroxylation is 1. The average Bonchev–Trinajstić information content (AvgIpc) is 2.06. The Labute approximate surface area is 84.2 Å². The molecule has 0 radical (unpaired) electrons. The van der Waals surface area contributed by atoms with E-state index in [-0.39, 0.29) is 0 Å². The maximum Gasteiger partial charge on any atom is 0.116 e. The summed E-state index contributed by atoms with van der Waals surface area (Å²) in [6, 6.07) is 8.21. The van der Waals surface area contributed by atoms with Gasteiger partial charge in [-0.25, -0.2) is 0 Å². The molecule has 66 valence electrons. The summed E-state index contributed by atoms with van der Waals surface area (Å²) in [6.45, 7) is 1.20. The van der Waals surface area contributed by atoms with E-state index in [2.05, 4.69) is 19.1 Å². The molecule has 0 fully saturated rings. The highest BCUT2D eigenvalue weighted by Crippen LogP contribution is 2.45. The Morgan fingerprint density at radius 2 is 1.75 bits per heavy atom. The summed E-state index contributed by atoms with van der Waals surface area (Å²) < 4.78 is 0. The van der Waals surface area contributed by atoms with E-state index in [0.29, 0.717) is 0 Å². The molecule has 0 atom stereocenters. The van der Waals surface area contributed by atoms with Crippen molar-refractivity contribution in [3.8, 4) is 0 Å². The van der Waals surface area contributed by atoms with E-state index >= 15 is 0 Å². The van der Waals surface area contributed by atoms with Crippen molar-refractivity contribution in [1.29, 1.82) is 0 Å². The van der Waals surface area contributed by atoms with Gasteiger partial charge < -0.3 is 0 Å². The molecule has 0 heterocycles. The normalized spacial score (nSPS) is 10.7. The zero-order valence-electron chi connectivity index (χ0n) is 6.93. The summed E-state index contributed by atoms with van der Waals surface area (Å²) in [4.78, 5) is 0. The second-order valence-corrected chi connectivity index (χ2v) is 6.18. The monoisotopic (exact) mass is 220 g/mol. The topological polar surface area (TPSA) is 0 Å². The number of benzene rings is 1. The van der Waals surface area contributed by atoms with Crippen LogP contribution in [0.15, 0.2) is 24.3 Å². The van der Waals surface area contributed by atoms with Gasteiger partial charge in [0.05, 0.1) is 0 Å². The summed E-state index contributed by atoms with van der Waals surface area (Å²) in [6.07, 6.45) is 2.30. The first-order chi connectivity index (χ1) is 5.74. The predicted molar refractivity (Wildman–Crippen MR) is 58.7 cm³/mol. The van der Waals surface area contributed by atoms with Gasteiger partial charge in [-0.1, -0.05) is 60.1 Å². The minimum absolute atomic E-state index is 0.973. The fourth-order valence-corrected chi connectivity index (χ4v) is 2.11. The number of hydrogen-bond acceptors (Lipinski definition) is 0. The van der Waals surface area contributed by atoms with E-state index in [9.17, 15) is 0 Å². The fourth-order valence-electron chi connectivity index (χ4n) is 1.06. The van der Waals surface area contributed by atoms with Crippen molar-refractivity contribution < 1.29 is 0 Å². The molecule has 0 aromatic heterocycles. The Kier molecular flexibility index (Phi) is 4.35. The molecular formula is C9H11Cl2P. The first-order valence-corrected chi connectivity index (χ1v) is 7.10. The fraction of sp³-hybridized carbons (Fsp3) is 0.333. The van der Waals surface area contributed by atoms with Crippen LogP contribution in [0.3, 0.4) is 0 Å². The zero-order valence-corrected chi connectivity index (χ0v) is 9.33. The lowest BCUT2D eigenvalue weighted by Gasteiger charge is -2.02. The van der Waals surface area contributed by atoms with Crippen molar-refractivity contribution in [2.24, 2.45) is 0 Å². The molecule has 0 N–H and O–H groups in total. The van der Waals surface area contributed by atoms with Crippen molar-refractivity contribution >= 4 is 34.4 Å². The van der Waals surface area contributed by atoms with Crippen LogP contribution in [0.4, 0.5) is 0 Å². The lowest BCUT2D eigenvalue weighted by molar-refractivity contribution is 0.922. The smallest absolute Gasteiger partial charge is 0.0727 e. The second kappa shape index (κ2) is 5.07. The average molecular weight is 221 g/mol. The van der Waals surface area contributed by atoms with Crippen molar-refractivity contribution in [1.82, 2.24) is 0 Å². The standard InChI is InChI=1S/C9H11Cl2P/c1-2-3-8-4-6-9(7-5-8)12(10)11/h4-7H,2-3H2,1H3. The van der Waals surface area contributed by atoms with Gasteiger partial charge in [0, 0.05) is 5.30 Å². The number of halogens is 2. The number of rotatable bonds is 3. The Bertz CT molecular complexity index is 231. The predicted octanol–water partition coefficient (Wildman–Crippen LogP) is 4.05. The summed E-state index contributed by atoms with van der Waals surface area (Å²) >= 11 is 11.5. The van der Waals surface area contributed by atoms with Gasteiger partial charge in [0.2, 0.25) is 0 Å². The molecule has 0 aliphatic carbocycles. The molecular weight excluding hydrogens is 210 g/mol. The molecule has 0 nitrogen and oxygen atoms in total. The van der Waals surface area contributed by atoms with Crippen LogP contribution in [-0.2, 0) is 6.42 Å². The molecule has 1 aromatic rings. The van der Waals surface area contributed by atoms with Crippen LogP contribution in [0.2, 0.25) is 0 Å². The summed E-state index contributed by atoms with van der Waals surface area (Å²) in [7, 11) is 0. The summed E-state index contributed by atoms with van der Waals surface area (Å²) in [5.74, 6) is 0. The van der Waals surface area contributed by atoms with Crippen LogP contribution in [0.25, 0.3) is 0 Å². The molecule has 0 amide bonds. The molecule has 0 saturated carbocycles. The van der Waals surface area contributed by atoms with Crippen LogP contribution in [0, 0.1) is 0 Å². The van der Waals surface area contributed by atoms with Gasteiger partial charge >= 0.3 is 0 Å². The Morgan fingerprint density at radius 1 is 1.17 bits per heavy atom. The van der Waals surface area contributed by atoms with Gasteiger partial charge in [0.15, 0.2) is 0 Å². The lowest BCUT2D eigenvalue weighted by atomic mass is 10.1. The number of hydrogen-bond donors (Lipinski definition) is 0. The lowest BCUT2D eigenvalue weighted by Crippen LogP contribution is -1.94. The van der Waals surface area contributed by atoms with Gasteiger partial charge in [0.25, 0.3) is 0 Å². The molecule has 3 heteroatoms. The minimum atomic E-state index is -0.973. The van der Waals surface area contributed by atoms with E-state index in [0.717, 1.165) is 11.7 Å². The van der Waals surface area contributed by atoms with Gasteiger partial charge in [-0.2, -0.15) is 0 Å². The van der Waals surface area contributed by atoms with E-state index in [1.165, 1.54) is 12.0 Å². The minimum Gasteiger partial charge on any atom is -0.0727 e. The molecule has 0 aliphatic heterocycles. The Hall–Kier alpha value is 0.230. The van der Waals surface area contributed by atoms with E-state index in [1.54, 1.807) is 0 Å². The molecule has 0 saturated heterocycles. The zero-order chi connectivity index (χ0) is 8.97. The van der Waals surface area contributed by atoms with Gasteiger partial charge in [-0.05, 0) is 12.0 Å². The first-order valence-electron chi connectivity index (χ1n) is 3.94. The third kappa shape index (κ3) is 2.94. The van der Waals surface area contributed by atoms with Crippen molar-refractivity contribution in [3.63, 3.8) is 0 Å². The quantitative estimate of drug-likeness (QED) is 0.675. The molecule has 0 aliphatic rings. The molecule has 0 unspecified atom stereocenters. The highest BCUT2D eigenvalue weighted by atomic mass is 35.9. The molecule has 0 spiro atoms. The Balaban J connectivity index is 2.71. The molecule has 12 heavy (non-hydrogen) atoms.